The molecule has 10 heteroatoms. The van der Waals surface area contributed by atoms with Gasteiger partial charge in [0.2, 0.25) is 0 Å². The van der Waals surface area contributed by atoms with Crippen LogP contribution in [0, 0.1) is 5.82 Å². The molecule has 38 heavy (non-hydrogen) atoms. The molecule has 0 bridgehead atoms. The molecular formula is C28H24FN9. The van der Waals surface area contributed by atoms with Crippen LogP contribution in [-0.2, 0) is 6.54 Å². The Kier molecular flexibility index (Phi) is 5.58. The van der Waals surface area contributed by atoms with Gasteiger partial charge >= 0.3 is 0 Å². The Morgan fingerprint density at radius 3 is 2.66 bits per heavy atom. The lowest BCUT2D eigenvalue weighted by Gasteiger charge is -2.26. The molecule has 0 aliphatic carbocycles. The zero-order valence-corrected chi connectivity index (χ0v) is 20.5. The van der Waals surface area contributed by atoms with E-state index in [1.54, 1.807) is 24.8 Å². The molecule has 0 spiro atoms. The van der Waals surface area contributed by atoms with Crippen LogP contribution in [0.3, 0.4) is 0 Å². The normalized spacial score (nSPS) is 14.4. The molecule has 9 nitrogen and oxygen atoms in total. The quantitative estimate of drug-likeness (QED) is 0.333. The Balaban J connectivity index is 1.29. The van der Waals surface area contributed by atoms with Crippen LogP contribution in [0.5, 0.6) is 0 Å². The number of H-pyrrole nitrogens is 2. The highest BCUT2D eigenvalue weighted by molar-refractivity contribution is 5.96. The van der Waals surface area contributed by atoms with Gasteiger partial charge in [-0.3, -0.25) is 25.0 Å². The summed E-state index contributed by atoms with van der Waals surface area (Å²) in [5.41, 5.74) is 5.79. The number of hydrogen-bond donors (Lipinski definition) is 2. The molecule has 1 saturated heterocycles. The fourth-order valence-electron chi connectivity index (χ4n) is 5.19. The lowest BCUT2D eigenvalue weighted by atomic mass is 10.0. The summed E-state index contributed by atoms with van der Waals surface area (Å²) in [5.74, 6) is 0.0148. The maximum Gasteiger partial charge on any atom is 0.159 e. The van der Waals surface area contributed by atoms with Crippen molar-refractivity contribution in [2.24, 2.45) is 0 Å². The predicted molar refractivity (Wildman–Crippen MR) is 142 cm³/mol. The van der Waals surface area contributed by atoms with Crippen LogP contribution in [0.15, 0.2) is 61.4 Å². The fourth-order valence-corrected chi connectivity index (χ4v) is 5.19. The molecule has 6 aromatic rings. The topological polar surface area (TPSA) is 112 Å². The van der Waals surface area contributed by atoms with E-state index in [1.165, 1.54) is 25.5 Å². The first-order valence-corrected chi connectivity index (χ1v) is 12.7. The number of hydrogen-bond acceptors (Lipinski definition) is 7. The molecular weight excluding hydrogens is 481 g/mol. The van der Waals surface area contributed by atoms with Crippen molar-refractivity contribution in [2.75, 3.05) is 13.1 Å². The molecule has 1 aliphatic rings. The highest BCUT2D eigenvalue weighted by atomic mass is 19.1. The van der Waals surface area contributed by atoms with Gasteiger partial charge in [-0.2, -0.15) is 5.10 Å². The number of nitrogens with zero attached hydrogens (tertiary/aromatic N) is 7. The smallest absolute Gasteiger partial charge is 0.159 e. The molecule has 0 atom stereocenters. The van der Waals surface area contributed by atoms with Crippen molar-refractivity contribution >= 4 is 22.1 Å². The maximum atomic E-state index is 16.1. The minimum absolute atomic E-state index is 0.277. The van der Waals surface area contributed by atoms with Gasteiger partial charge in [-0.1, -0.05) is 6.42 Å². The second-order valence-electron chi connectivity index (χ2n) is 9.58. The lowest BCUT2D eigenvalue weighted by Crippen LogP contribution is -2.29. The van der Waals surface area contributed by atoms with E-state index >= 15 is 4.39 Å². The standard InChI is InChI=1S/C28H24FN9/c29-23-20(19-11-17(12-31-14-19)16-38-9-2-1-3-10-38)15-33-27-22(23)26(36-37-27)28-34-21-6-8-32-24(25(21)35-28)18-5-4-7-30-13-18/h4-8,11-15H,1-3,9-10,16H2,(H,34,35)(H,33,36,37). The predicted octanol–water partition coefficient (Wildman–Crippen LogP) is 5.15. The molecule has 188 valence electrons. The minimum Gasteiger partial charge on any atom is -0.336 e. The van der Waals surface area contributed by atoms with Crippen molar-refractivity contribution < 1.29 is 4.39 Å². The summed E-state index contributed by atoms with van der Waals surface area (Å²) < 4.78 is 16.1. The second-order valence-corrected chi connectivity index (χ2v) is 9.58. The molecule has 7 rings (SSSR count). The van der Waals surface area contributed by atoms with Crippen LogP contribution in [0.25, 0.3) is 56.0 Å². The summed E-state index contributed by atoms with van der Waals surface area (Å²) in [4.78, 5) is 28.0. The van der Waals surface area contributed by atoms with Crippen LogP contribution in [0.2, 0.25) is 0 Å². The van der Waals surface area contributed by atoms with Gasteiger partial charge < -0.3 is 4.98 Å². The molecule has 0 aromatic carbocycles. The summed E-state index contributed by atoms with van der Waals surface area (Å²) in [5, 5.41) is 7.51. The number of likely N-dealkylation sites (tertiary alicyclic amines) is 1. The molecule has 1 fully saturated rings. The van der Waals surface area contributed by atoms with Gasteiger partial charge in [0.05, 0.1) is 16.6 Å². The first-order chi connectivity index (χ1) is 18.7. The number of aromatic nitrogens is 8. The first-order valence-electron chi connectivity index (χ1n) is 12.7. The summed E-state index contributed by atoms with van der Waals surface area (Å²) >= 11 is 0. The van der Waals surface area contributed by atoms with Crippen molar-refractivity contribution in [1.29, 1.82) is 0 Å². The van der Waals surface area contributed by atoms with Crippen LogP contribution >= 0.6 is 0 Å². The van der Waals surface area contributed by atoms with Gasteiger partial charge in [0.25, 0.3) is 0 Å². The van der Waals surface area contributed by atoms with E-state index in [9.17, 15) is 0 Å². The van der Waals surface area contributed by atoms with Crippen molar-refractivity contribution in [2.45, 2.75) is 25.8 Å². The third-order valence-corrected chi connectivity index (χ3v) is 7.05. The van der Waals surface area contributed by atoms with Crippen LogP contribution in [0.4, 0.5) is 4.39 Å². The molecule has 0 saturated carbocycles. The van der Waals surface area contributed by atoms with E-state index in [1.807, 2.05) is 30.5 Å². The van der Waals surface area contributed by atoms with Crippen LogP contribution in [-0.4, -0.2) is 58.1 Å². The summed E-state index contributed by atoms with van der Waals surface area (Å²) in [7, 11) is 0. The Morgan fingerprint density at radius 1 is 0.895 bits per heavy atom. The Hall–Kier alpha value is -4.57. The molecule has 0 amide bonds. The van der Waals surface area contributed by atoms with E-state index in [0.29, 0.717) is 39.5 Å². The lowest BCUT2D eigenvalue weighted by molar-refractivity contribution is 0.220. The van der Waals surface area contributed by atoms with Gasteiger partial charge in [0, 0.05) is 60.4 Å². The van der Waals surface area contributed by atoms with Gasteiger partial charge in [-0.15, -0.1) is 0 Å². The van der Waals surface area contributed by atoms with E-state index < -0.39 is 5.82 Å². The maximum absolute atomic E-state index is 16.1. The Labute approximate surface area is 217 Å². The molecule has 6 aromatic heterocycles. The number of halogens is 1. The molecule has 2 N–H and O–H groups in total. The largest absolute Gasteiger partial charge is 0.336 e. The fraction of sp³-hybridized carbons (Fsp3) is 0.214. The highest BCUT2D eigenvalue weighted by Crippen LogP contribution is 2.34. The molecule has 7 heterocycles. The van der Waals surface area contributed by atoms with Gasteiger partial charge in [-0.05, 0) is 55.8 Å². The van der Waals surface area contributed by atoms with Crippen molar-refractivity contribution in [3.8, 4) is 33.9 Å². The number of imidazole rings is 1. The molecule has 1 aliphatic heterocycles. The van der Waals surface area contributed by atoms with E-state index in [2.05, 4.69) is 40.0 Å². The van der Waals surface area contributed by atoms with E-state index in [-0.39, 0.29) is 5.39 Å². The number of nitrogens with one attached hydrogen (secondary N) is 2. The summed E-state index contributed by atoms with van der Waals surface area (Å²) in [6.45, 7) is 2.97. The first kappa shape index (κ1) is 22.6. The second kappa shape index (κ2) is 9.38. The average molecular weight is 506 g/mol. The third-order valence-electron chi connectivity index (χ3n) is 7.05. The van der Waals surface area contributed by atoms with Crippen molar-refractivity contribution in [3.05, 3.63) is 72.8 Å². The monoisotopic (exact) mass is 505 g/mol. The summed E-state index contributed by atoms with van der Waals surface area (Å²) in [6.07, 6.45) is 13.9. The third kappa shape index (κ3) is 3.99. The number of aromatic amines is 2. The average Bonchev–Trinajstić information content (AvgIpc) is 3.59. The van der Waals surface area contributed by atoms with Gasteiger partial charge in [0.1, 0.15) is 17.0 Å². The van der Waals surface area contributed by atoms with Gasteiger partial charge in [-0.25, -0.2) is 14.4 Å². The number of fused-ring (bicyclic) bond motifs is 2. The van der Waals surface area contributed by atoms with Crippen LogP contribution in [0.1, 0.15) is 24.8 Å². The Bertz CT molecular complexity index is 1750. The van der Waals surface area contributed by atoms with E-state index in [4.69, 9.17) is 4.98 Å². The van der Waals surface area contributed by atoms with E-state index in [0.717, 1.165) is 36.3 Å². The number of piperidine rings is 1. The molecule has 0 unspecified atom stereocenters. The van der Waals surface area contributed by atoms with Crippen molar-refractivity contribution in [1.82, 2.24) is 45.0 Å². The van der Waals surface area contributed by atoms with Gasteiger partial charge in [0.15, 0.2) is 11.5 Å². The number of pyridine rings is 4. The summed E-state index contributed by atoms with van der Waals surface area (Å²) in [6, 6.07) is 7.61. The zero-order valence-electron chi connectivity index (χ0n) is 20.5. The minimum atomic E-state index is -0.415. The zero-order chi connectivity index (χ0) is 25.5. The van der Waals surface area contributed by atoms with Crippen LogP contribution < -0.4 is 0 Å². The highest BCUT2D eigenvalue weighted by Gasteiger charge is 2.22. The SMILES string of the molecule is Fc1c(-c2cncc(CN3CCCCC3)c2)cnc2[nH]nc(-c3nc4c(-c5cccnc5)nccc4[nH]3)c12. The van der Waals surface area contributed by atoms with Crippen molar-refractivity contribution in [3.63, 3.8) is 0 Å². The Morgan fingerprint density at radius 2 is 1.79 bits per heavy atom. The number of rotatable bonds is 5. The molecule has 0 radical (unpaired) electrons.